The van der Waals surface area contributed by atoms with E-state index in [-0.39, 0.29) is 11.8 Å². The van der Waals surface area contributed by atoms with Gasteiger partial charge in [-0.25, -0.2) is 4.90 Å². The van der Waals surface area contributed by atoms with Crippen LogP contribution in [0.15, 0.2) is 36.4 Å². The molecule has 0 unspecified atom stereocenters. The number of imide groups is 1. The molecule has 0 atom stereocenters. The van der Waals surface area contributed by atoms with E-state index in [4.69, 9.17) is 4.74 Å². The third kappa shape index (κ3) is 9.15. The Balaban J connectivity index is 1.41. The molecule has 1 heterocycles. The van der Waals surface area contributed by atoms with Gasteiger partial charge in [0.25, 0.3) is 11.8 Å². The maximum atomic E-state index is 11.7. The molecule has 0 saturated heterocycles. The van der Waals surface area contributed by atoms with Crippen LogP contribution < -0.4 is 9.64 Å². The number of hydrogen-bond acceptors (Lipinski definition) is 3. The molecule has 1 aliphatic heterocycles. The quantitative estimate of drug-likeness (QED) is 0.204. The molecule has 0 aliphatic carbocycles. The van der Waals surface area contributed by atoms with Gasteiger partial charge >= 0.3 is 0 Å². The monoisotopic (exact) mass is 413 g/mol. The third-order valence-corrected chi connectivity index (χ3v) is 5.67. The van der Waals surface area contributed by atoms with Gasteiger partial charge in [-0.15, -0.1) is 0 Å². The van der Waals surface area contributed by atoms with Gasteiger partial charge in [0.15, 0.2) is 0 Å². The Labute approximate surface area is 182 Å². The number of rotatable bonds is 17. The lowest BCUT2D eigenvalue weighted by Crippen LogP contribution is -2.29. The Morgan fingerprint density at radius 3 is 1.53 bits per heavy atom. The van der Waals surface area contributed by atoms with Crippen LogP contribution in [0.3, 0.4) is 0 Å². The van der Waals surface area contributed by atoms with Crippen molar-refractivity contribution in [1.82, 2.24) is 0 Å². The van der Waals surface area contributed by atoms with Crippen molar-refractivity contribution in [2.45, 2.75) is 96.8 Å². The van der Waals surface area contributed by atoms with Gasteiger partial charge in [-0.05, 0) is 30.7 Å². The van der Waals surface area contributed by atoms with E-state index in [2.05, 4.69) is 6.92 Å². The van der Waals surface area contributed by atoms with Crippen molar-refractivity contribution in [2.75, 3.05) is 11.5 Å². The van der Waals surface area contributed by atoms with Gasteiger partial charge in [-0.2, -0.15) is 0 Å². The zero-order valence-corrected chi connectivity index (χ0v) is 18.7. The van der Waals surface area contributed by atoms with Gasteiger partial charge in [0.2, 0.25) is 0 Å². The van der Waals surface area contributed by atoms with Gasteiger partial charge in [-0.3, -0.25) is 9.59 Å². The molecule has 1 aromatic rings. The molecule has 2 rings (SSSR count). The molecule has 0 aromatic heterocycles. The maximum Gasteiger partial charge on any atom is 0.258 e. The molecule has 2 amide bonds. The number of nitrogens with zero attached hydrogens (tertiary/aromatic N) is 1. The van der Waals surface area contributed by atoms with E-state index in [1.54, 1.807) is 12.1 Å². The minimum Gasteiger partial charge on any atom is -0.494 e. The Kier molecular flexibility index (Phi) is 11.9. The molecule has 0 spiro atoms. The van der Waals surface area contributed by atoms with E-state index in [1.165, 1.54) is 95.6 Å². The van der Waals surface area contributed by atoms with E-state index in [0.717, 1.165) is 17.1 Å². The number of anilines is 1. The first-order valence-corrected chi connectivity index (χ1v) is 12.0. The number of amides is 2. The van der Waals surface area contributed by atoms with Crippen molar-refractivity contribution in [2.24, 2.45) is 0 Å². The molecule has 0 fully saturated rings. The van der Waals surface area contributed by atoms with Gasteiger partial charge in [0.05, 0.1) is 12.3 Å². The fraction of sp³-hybridized carbons (Fsp3) is 0.615. The highest BCUT2D eigenvalue weighted by Crippen LogP contribution is 2.22. The molecule has 0 radical (unpaired) electrons. The second-order valence-corrected chi connectivity index (χ2v) is 8.28. The average Bonchev–Trinajstić information content (AvgIpc) is 3.09. The number of unbranched alkanes of at least 4 members (excludes halogenated alkanes) is 13. The largest absolute Gasteiger partial charge is 0.494 e. The Morgan fingerprint density at radius 1 is 0.633 bits per heavy atom. The fourth-order valence-electron chi connectivity index (χ4n) is 3.83. The fourth-order valence-corrected chi connectivity index (χ4v) is 3.83. The summed E-state index contributed by atoms with van der Waals surface area (Å²) >= 11 is 0. The highest BCUT2D eigenvalue weighted by Gasteiger charge is 2.24. The summed E-state index contributed by atoms with van der Waals surface area (Å²) in [4.78, 5) is 24.5. The molecule has 4 nitrogen and oxygen atoms in total. The number of carbonyl (C=O) groups is 2. The van der Waals surface area contributed by atoms with Crippen molar-refractivity contribution >= 4 is 17.5 Å². The molecule has 0 bridgehead atoms. The summed E-state index contributed by atoms with van der Waals surface area (Å²) in [6.07, 6.45) is 21.5. The highest BCUT2D eigenvalue weighted by atomic mass is 16.5. The van der Waals surface area contributed by atoms with Crippen LogP contribution in [0.4, 0.5) is 5.69 Å². The van der Waals surface area contributed by atoms with E-state index >= 15 is 0 Å². The van der Waals surface area contributed by atoms with Crippen molar-refractivity contribution < 1.29 is 14.3 Å². The first-order chi connectivity index (χ1) is 14.7. The van der Waals surface area contributed by atoms with Crippen LogP contribution in [-0.2, 0) is 9.59 Å². The number of ether oxygens (including phenoxy) is 1. The predicted octanol–water partition coefficient (Wildman–Crippen LogP) is 6.98. The Bertz CT molecular complexity index is 633. The van der Waals surface area contributed by atoms with Crippen LogP contribution in [0.25, 0.3) is 0 Å². The van der Waals surface area contributed by atoms with Gasteiger partial charge in [-0.1, -0.05) is 90.4 Å². The van der Waals surface area contributed by atoms with Crippen LogP contribution in [0.5, 0.6) is 5.75 Å². The van der Waals surface area contributed by atoms with Crippen LogP contribution in [0.1, 0.15) is 96.8 Å². The van der Waals surface area contributed by atoms with E-state index in [9.17, 15) is 9.59 Å². The highest BCUT2D eigenvalue weighted by molar-refractivity contribution is 6.28. The zero-order valence-electron chi connectivity index (χ0n) is 18.7. The molecular formula is C26H39NO3. The molecular weight excluding hydrogens is 374 g/mol. The van der Waals surface area contributed by atoms with Crippen molar-refractivity contribution in [3.63, 3.8) is 0 Å². The molecule has 4 heteroatoms. The standard InChI is InChI=1S/C26H39NO3/c1-2-3-4-5-6-7-8-9-10-11-12-13-14-15-22-30-24-18-16-23(17-19-24)27-25(28)20-21-26(27)29/h16-21H,2-15,22H2,1H3. The van der Waals surface area contributed by atoms with Crippen molar-refractivity contribution in [3.05, 3.63) is 36.4 Å². The van der Waals surface area contributed by atoms with Crippen LogP contribution >= 0.6 is 0 Å². The second-order valence-electron chi connectivity index (χ2n) is 8.28. The Morgan fingerprint density at radius 2 is 1.07 bits per heavy atom. The van der Waals surface area contributed by atoms with Gasteiger partial charge < -0.3 is 4.74 Å². The van der Waals surface area contributed by atoms with E-state index in [0.29, 0.717) is 12.3 Å². The minimum atomic E-state index is -0.295. The van der Waals surface area contributed by atoms with Crippen molar-refractivity contribution in [1.29, 1.82) is 0 Å². The summed E-state index contributed by atoms with van der Waals surface area (Å²) in [6.45, 7) is 2.98. The van der Waals surface area contributed by atoms with Crippen molar-refractivity contribution in [3.8, 4) is 5.75 Å². The number of carbonyl (C=O) groups excluding carboxylic acids is 2. The molecule has 1 aromatic carbocycles. The Hall–Kier alpha value is -2.10. The molecule has 0 saturated carbocycles. The molecule has 1 aliphatic rings. The second kappa shape index (κ2) is 14.8. The summed E-state index contributed by atoms with van der Waals surface area (Å²) < 4.78 is 5.78. The zero-order chi connectivity index (χ0) is 21.4. The first-order valence-electron chi connectivity index (χ1n) is 12.0. The van der Waals surface area contributed by atoms with Gasteiger partial charge in [0.1, 0.15) is 5.75 Å². The SMILES string of the molecule is CCCCCCCCCCCCCCCCOc1ccc(N2C(=O)C=CC2=O)cc1. The number of hydrogen-bond donors (Lipinski definition) is 0. The maximum absolute atomic E-state index is 11.7. The minimum absolute atomic E-state index is 0.295. The summed E-state index contributed by atoms with van der Waals surface area (Å²) in [5.41, 5.74) is 0.582. The summed E-state index contributed by atoms with van der Waals surface area (Å²) in [7, 11) is 0. The van der Waals surface area contributed by atoms with E-state index in [1.807, 2.05) is 12.1 Å². The van der Waals surface area contributed by atoms with Crippen LogP contribution in [0, 0.1) is 0 Å². The molecule has 30 heavy (non-hydrogen) atoms. The lowest BCUT2D eigenvalue weighted by Gasteiger charge is -2.14. The normalized spacial score (nSPS) is 13.4. The third-order valence-electron chi connectivity index (χ3n) is 5.67. The van der Waals surface area contributed by atoms with Crippen LogP contribution in [-0.4, -0.2) is 18.4 Å². The van der Waals surface area contributed by atoms with E-state index < -0.39 is 0 Å². The summed E-state index contributed by atoms with van der Waals surface area (Å²) in [6, 6.07) is 7.14. The lowest BCUT2D eigenvalue weighted by atomic mass is 10.0. The predicted molar refractivity (Wildman–Crippen MR) is 124 cm³/mol. The summed E-state index contributed by atoms with van der Waals surface area (Å²) in [5.74, 6) is 0.188. The lowest BCUT2D eigenvalue weighted by molar-refractivity contribution is -0.119. The molecule has 166 valence electrons. The van der Waals surface area contributed by atoms with Crippen LogP contribution in [0.2, 0.25) is 0 Å². The van der Waals surface area contributed by atoms with Gasteiger partial charge in [0, 0.05) is 12.2 Å². The first kappa shape index (κ1) is 24.2. The molecule has 0 N–H and O–H groups in total. The topological polar surface area (TPSA) is 46.6 Å². The smallest absolute Gasteiger partial charge is 0.258 e. The number of benzene rings is 1. The average molecular weight is 414 g/mol. The summed E-state index contributed by atoms with van der Waals surface area (Å²) in [5, 5.41) is 0.